The first kappa shape index (κ1) is 18.6. The predicted octanol–water partition coefficient (Wildman–Crippen LogP) is 4.14. The molecule has 142 valence electrons. The second-order valence-corrected chi connectivity index (χ2v) is 7.74. The summed E-state index contributed by atoms with van der Waals surface area (Å²) in [6, 6.07) is 12.7. The summed E-state index contributed by atoms with van der Waals surface area (Å²) >= 11 is 7.04. The van der Waals surface area contributed by atoms with E-state index in [1.165, 1.54) is 0 Å². The molecule has 6 nitrogen and oxygen atoms in total. The zero-order valence-corrected chi connectivity index (χ0v) is 16.4. The lowest BCUT2D eigenvalue weighted by atomic mass is 10.2. The molecule has 1 saturated carbocycles. The third kappa shape index (κ3) is 4.21. The molecule has 0 aliphatic heterocycles. The van der Waals surface area contributed by atoms with Crippen LogP contribution in [0.5, 0.6) is 0 Å². The average molecular weight is 413 g/mol. The highest BCUT2D eigenvalue weighted by molar-refractivity contribution is 7.09. The number of hydrogen-bond acceptors (Lipinski definition) is 5. The van der Waals surface area contributed by atoms with Crippen molar-refractivity contribution in [3.05, 3.63) is 64.1 Å². The zero-order chi connectivity index (χ0) is 19.5. The molecular formula is C20H17ClN4O2S. The van der Waals surface area contributed by atoms with Gasteiger partial charge in [0.2, 0.25) is 5.91 Å². The monoisotopic (exact) mass is 412 g/mol. The maximum Gasteiger partial charge on any atom is 0.265 e. The van der Waals surface area contributed by atoms with Gasteiger partial charge in [0, 0.05) is 23.7 Å². The maximum atomic E-state index is 12.8. The van der Waals surface area contributed by atoms with Crippen LogP contribution in [-0.2, 0) is 11.3 Å². The summed E-state index contributed by atoms with van der Waals surface area (Å²) < 4.78 is 4.39. The molecule has 8 heteroatoms. The third-order valence-electron chi connectivity index (χ3n) is 4.34. The molecule has 2 heterocycles. The number of carbonyl (C=O) groups excluding carboxylic acids is 2. The molecule has 1 fully saturated rings. The van der Waals surface area contributed by atoms with E-state index in [-0.39, 0.29) is 17.7 Å². The van der Waals surface area contributed by atoms with E-state index < -0.39 is 0 Å². The Balaban J connectivity index is 1.59. The van der Waals surface area contributed by atoms with Gasteiger partial charge in [-0.1, -0.05) is 29.8 Å². The van der Waals surface area contributed by atoms with Crippen LogP contribution in [0.1, 0.15) is 28.1 Å². The molecule has 1 aromatic carbocycles. The number of halogens is 1. The van der Waals surface area contributed by atoms with Crippen molar-refractivity contribution in [3.8, 4) is 11.4 Å². The molecule has 1 aliphatic carbocycles. The number of benzene rings is 1. The minimum atomic E-state index is -0.300. The number of nitrogens with one attached hydrogen (secondary N) is 2. The van der Waals surface area contributed by atoms with Gasteiger partial charge in [0.05, 0.1) is 11.4 Å². The first-order chi connectivity index (χ1) is 13.6. The summed E-state index contributed by atoms with van der Waals surface area (Å²) in [6.07, 6.45) is 3.40. The zero-order valence-electron chi connectivity index (χ0n) is 14.8. The number of nitrogens with zero attached hydrogens (tertiary/aromatic N) is 2. The van der Waals surface area contributed by atoms with Crippen LogP contribution in [0.15, 0.2) is 48.7 Å². The number of anilines is 1. The van der Waals surface area contributed by atoms with Gasteiger partial charge in [-0.2, -0.15) is 4.37 Å². The van der Waals surface area contributed by atoms with Crippen molar-refractivity contribution >= 4 is 40.6 Å². The van der Waals surface area contributed by atoms with Crippen LogP contribution in [-0.4, -0.2) is 21.2 Å². The fraction of sp³-hybridized carbons (Fsp3) is 0.200. The van der Waals surface area contributed by atoms with E-state index in [1.54, 1.807) is 30.5 Å². The van der Waals surface area contributed by atoms with Gasteiger partial charge in [0.1, 0.15) is 10.6 Å². The Kier molecular flexibility index (Phi) is 5.36. The number of rotatable bonds is 6. The molecule has 28 heavy (non-hydrogen) atoms. The molecule has 2 aromatic heterocycles. The van der Waals surface area contributed by atoms with Gasteiger partial charge in [0.25, 0.3) is 5.91 Å². The fourth-order valence-corrected chi connectivity index (χ4v) is 3.69. The lowest BCUT2D eigenvalue weighted by molar-refractivity contribution is -0.117. The van der Waals surface area contributed by atoms with Crippen LogP contribution in [0.2, 0.25) is 5.02 Å². The number of aromatic nitrogens is 2. The molecule has 4 rings (SSSR count). The Labute approximate surface area is 171 Å². The Hall–Kier alpha value is -2.77. The van der Waals surface area contributed by atoms with Gasteiger partial charge in [-0.05, 0) is 54.2 Å². The van der Waals surface area contributed by atoms with Crippen molar-refractivity contribution in [2.45, 2.75) is 19.4 Å². The van der Waals surface area contributed by atoms with Crippen molar-refractivity contribution in [1.29, 1.82) is 0 Å². The number of pyridine rings is 1. The molecule has 0 atom stereocenters. The molecule has 1 aliphatic rings. The quantitative estimate of drug-likeness (QED) is 0.637. The Morgan fingerprint density at radius 2 is 2.04 bits per heavy atom. The van der Waals surface area contributed by atoms with E-state index in [9.17, 15) is 9.59 Å². The Morgan fingerprint density at radius 1 is 1.18 bits per heavy atom. The average Bonchev–Trinajstić information content (AvgIpc) is 3.48. The lowest BCUT2D eigenvalue weighted by Crippen LogP contribution is -2.24. The van der Waals surface area contributed by atoms with Gasteiger partial charge in [0.15, 0.2) is 0 Å². The van der Waals surface area contributed by atoms with E-state index >= 15 is 0 Å². The smallest absolute Gasteiger partial charge is 0.265 e. The minimum Gasteiger partial charge on any atom is -0.347 e. The summed E-state index contributed by atoms with van der Waals surface area (Å²) in [5.74, 6) is -0.370. The lowest BCUT2D eigenvalue weighted by Gasteiger charge is -2.09. The predicted molar refractivity (Wildman–Crippen MR) is 109 cm³/mol. The van der Waals surface area contributed by atoms with Crippen molar-refractivity contribution < 1.29 is 9.59 Å². The number of amides is 2. The second-order valence-electron chi connectivity index (χ2n) is 6.53. The van der Waals surface area contributed by atoms with Crippen LogP contribution in [0.4, 0.5) is 5.69 Å². The summed E-state index contributed by atoms with van der Waals surface area (Å²) in [7, 11) is 0. The van der Waals surface area contributed by atoms with Gasteiger partial charge in [-0.3, -0.25) is 14.6 Å². The molecule has 0 unspecified atom stereocenters. The fourth-order valence-electron chi connectivity index (χ4n) is 2.72. The van der Waals surface area contributed by atoms with Crippen LogP contribution >= 0.6 is 23.1 Å². The third-order valence-corrected chi connectivity index (χ3v) is 5.43. The van der Waals surface area contributed by atoms with Crippen LogP contribution in [0.25, 0.3) is 11.4 Å². The van der Waals surface area contributed by atoms with Crippen LogP contribution in [0, 0.1) is 5.92 Å². The maximum absolute atomic E-state index is 12.8. The SMILES string of the molecule is O=C(NCc1cccc(Cl)c1)c1snc(-c2ccccn2)c1NC(=O)C1CC1. The van der Waals surface area contributed by atoms with E-state index in [0.717, 1.165) is 29.9 Å². The number of hydrogen-bond donors (Lipinski definition) is 2. The van der Waals surface area contributed by atoms with E-state index in [2.05, 4.69) is 20.0 Å². The summed E-state index contributed by atoms with van der Waals surface area (Å²) in [5, 5.41) is 6.37. The first-order valence-electron chi connectivity index (χ1n) is 8.86. The van der Waals surface area contributed by atoms with Crippen molar-refractivity contribution in [3.63, 3.8) is 0 Å². The van der Waals surface area contributed by atoms with Gasteiger partial charge >= 0.3 is 0 Å². The molecule has 0 saturated heterocycles. The second kappa shape index (κ2) is 8.08. The summed E-state index contributed by atoms with van der Waals surface area (Å²) in [4.78, 5) is 29.8. The van der Waals surface area contributed by atoms with E-state index in [1.807, 2.05) is 18.2 Å². The standard InChI is InChI=1S/C20H17ClN4O2S/c21-14-5-3-4-12(10-14)11-23-20(27)18-17(24-19(26)13-7-8-13)16(25-28-18)15-6-1-2-9-22-15/h1-6,9-10,13H,7-8,11H2,(H,23,27)(H,24,26). The largest absolute Gasteiger partial charge is 0.347 e. The highest BCUT2D eigenvalue weighted by Gasteiger charge is 2.32. The van der Waals surface area contributed by atoms with Crippen LogP contribution in [0.3, 0.4) is 0 Å². The molecule has 0 spiro atoms. The molecular weight excluding hydrogens is 396 g/mol. The normalized spacial score (nSPS) is 13.2. The highest BCUT2D eigenvalue weighted by atomic mass is 35.5. The Bertz CT molecular complexity index is 1020. The van der Waals surface area contributed by atoms with Crippen molar-refractivity contribution in [2.75, 3.05) is 5.32 Å². The molecule has 3 aromatic rings. The summed E-state index contributed by atoms with van der Waals surface area (Å²) in [5.41, 5.74) is 2.43. The summed E-state index contributed by atoms with van der Waals surface area (Å²) in [6.45, 7) is 0.326. The van der Waals surface area contributed by atoms with Gasteiger partial charge in [-0.25, -0.2) is 0 Å². The molecule has 2 N–H and O–H groups in total. The number of carbonyl (C=O) groups is 2. The van der Waals surface area contributed by atoms with Crippen LogP contribution < -0.4 is 10.6 Å². The van der Waals surface area contributed by atoms with E-state index in [0.29, 0.717) is 33.5 Å². The highest BCUT2D eigenvalue weighted by Crippen LogP contribution is 2.35. The van der Waals surface area contributed by atoms with E-state index in [4.69, 9.17) is 11.6 Å². The molecule has 0 bridgehead atoms. The van der Waals surface area contributed by atoms with Crippen molar-refractivity contribution in [1.82, 2.24) is 14.7 Å². The van der Waals surface area contributed by atoms with Crippen molar-refractivity contribution in [2.24, 2.45) is 5.92 Å². The van der Waals surface area contributed by atoms with Gasteiger partial charge < -0.3 is 10.6 Å². The Morgan fingerprint density at radius 3 is 2.75 bits per heavy atom. The van der Waals surface area contributed by atoms with Gasteiger partial charge in [-0.15, -0.1) is 0 Å². The molecule has 2 amide bonds. The molecule has 0 radical (unpaired) electrons. The minimum absolute atomic E-state index is 0.0128. The first-order valence-corrected chi connectivity index (χ1v) is 10.0. The topological polar surface area (TPSA) is 84.0 Å².